The lowest BCUT2D eigenvalue weighted by Crippen LogP contribution is -2.49. The normalized spacial score (nSPS) is 12.9. The molecule has 8 aromatic carbocycles. The fraction of sp³-hybridized carbons (Fsp3) is 0.0408. The molecular formula is C49H35N3Si. The molecule has 0 bridgehead atoms. The van der Waals surface area contributed by atoms with Crippen molar-refractivity contribution in [1.82, 2.24) is 15.0 Å². The predicted octanol–water partition coefficient (Wildman–Crippen LogP) is 11.3. The number of aromatic nitrogens is 3. The minimum atomic E-state index is -2.02. The highest BCUT2D eigenvalue weighted by Gasteiger charge is 2.38. The molecule has 0 spiro atoms. The average molecular weight is 694 g/mol. The molecule has 0 aliphatic carbocycles. The largest absolute Gasteiger partial charge is 0.208 e. The summed E-state index contributed by atoms with van der Waals surface area (Å²) >= 11 is 0. The van der Waals surface area contributed by atoms with Crippen LogP contribution in [0.4, 0.5) is 0 Å². The van der Waals surface area contributed by atoms with Gasteiger partial charge in [-0.15, -0.1) is 0 Å². The predicted molar refractivity (Wildman–Crippen MR) is 224 cm³/mol. The minimum absolute atomic E-state index is 0.659. The van der Waals surface area contributed by atoms with Crippen LogP contribution in [0.1, 0.15) is 0 Å². The van der Waals surface area contributed by atoms with Crippen LogP contribution in [0.15, 0.2) is 176 Å². The first kappa shape index (κ1) is 31.3. The van der Waals surface area contributed by atoms with Crippen LogP contribution < -0.4 is 10.4 Å². The zero-order valence-electron chi connectivity index (χ0n) is 29.6. The summed E-state index contributed by atoms with van der Waals surface area (Å²) < 4.78 is 0. The third kappa shape index (κ3) is 5.22. The van der Waals surface area contributed by atoms with Gasteiger partial charge in [-0.05, 0) is 77.4 Å². The lowest BCUT2D eigenvalue weighted by Gasteiger charge is -2.20. The van der Waals surface area contributed by atoms with E-state index in [9.17, 15) is 0 Å². The molecule has 9 aromatic rings. The minimum Gasteiger partial charge on any atom is -0.208 e. The maximum absolute atomic E-state index is 5.31. The molecule has 2 heterocycles. The molecular weight excluding hydrogens is 659 g/mol. The van der Waals surface area contributed by atoms with E-state index in [0.29, 0.717) is 17.5 Å². The number of fused-ring (bicyclic) bond motifs is 5. The Bertz CT molecular complexity index is 2860. The summed E-state index contributed by atoms with van der Waals surface area (Å²) in [6.07, 6.45) is 0. The summed E-state index contributed by atoms with van der Waals surface area (Å²) in [5.74, 6) is 2.00. The molecule has 0 atom stereocenters. The number of hydrogen-bond acceptors (Lipinski definition) is 3. The van der Waals surface area contributed by atoms with Crippen molar-refractivity contribution < 1.29 is 0 Å². The Labute approximate surface area is 310 Å². The molecule has 0 unspecified atom stereocenters. The van der Waals surface area contributed by atoms with Crippen LogP contribution in [0.5, 0.6) is 0 Å². The van der Waals surface area contributed by atoms with Crippen molar-refractivity contribution in [3.05, 3.63) is 176 Å². The lowest BCUT2D eigenvalue weighted by atomic mass is 9.94. The van der Waals surface area contributed by atoms with E-state index >= 15 is 0 Å². The van der Waals surface area contributed by atoms with E-state index in [-0.39, 0.29) is 0 Å². The van der Waals surface area contributed by atoms with Gasteiger partial charge in [0.05, 0.1) is 0 Å². The van der Waals surface area contributed by atoms with Crippen LogP contribution in [0.25, 0.3) is 89.1 Å². The molecule has 0 saturated carbocycles. The molecule has 4 heteroatoms. The van der Waals surface area contributed by atoms with E-state index in [0.717, 1.165) is 33.2 Å². The summed E-state index contributed by atoms with van der Waals surface area (Å²) in [6.45, 7) is 4.94. The second-order valence-electron chi connectivity index (χ2n) is 14.4. The highest BCUT2D eigenvalue weighted by Crippen LogP contribution is 2.38. The first-order valence-corrected chi connectivity index (χ1v) is 21.2. The van der Waals surface area contributed by atoms with Gasteiger partial charge in [-0.25, -0.2) is 15.0 Å². The van der Waals surface area contributed by atoms with E-state index < -0.39 is 8.07 Å². The molecule has 3 nitrogen and oxygen atoms in total. The van der Waals surface area contributed by atoms with Gasteiger partial charge >= 0.3 is 0 Å². The Morgan fingerprint density at radius 3 is 1.53 bits per heavy atom. The molecule has 0 radical (unpaired) electrons. The van der Waals surface area contributed by atoms with Gasteiger partial charge in [-0.3, -0.25) is 0 Å². The Kier molecular flexibility index (Phi) is 7.27. The zero-order chi connectivity index (χ0) is 35.5. The highest BCUT2D eigenvalue weighted by molar-refractivity contribution is 7.04. The lowest BCUT2D eigenvalue weighted by molar-refractivity contribution is 1.08. The molecule has 0 saturated heterocycles. The third-order valence-electron chi connectivity index (χ3n) is 10.9. The topological polar surface area (TPSA) is 38.7 Å². The first-order chi connectivity index (χ1) is 26.0. The van der Waals surface area contributed by atoms with Crippen molar-refractivity contribution >= 4 is 40.0 Å². The van der Waals surface area contributed by atoms with Crippen molar-refractivity contribution in [2.24, 2.45) is 0 Å². The molecule has 0 N–H and O–H groups in total. The quantitative estimate of drug-likeness (QED) is 0.168. The Morgan fingerprint density at radius 1 is 0.321 bits per heavy atom. The molecule has 1 aromatic heterocycles. The maximum atomic E-state index is 5.31. The van der Waals surface area contributed by atoms with Crippen molar-refractivity contribution in [1.29, 1.82) is 0 Å². The van der Waals surface area contributed by atoms with Crippen LogP contribution in [-0.2, 0) is 0 Å². The third-order valence-corrected chi connectivity index (χ3v) is 14.5. The zero-order valence-corrected chi connectivity index (χ0v) is 30.6. The second-order valence-corrected chi connectivity index (χ2v) is 18.7. The summed E-state index contributed by atoms with van der Waals surface area (Å²) in [7, 11) is -2.02. The van der Waals surface area contributed by atoms with Crippen molar-refractivity contribution in [3.8, 4) is 67.5 Å². The number of rotatable bonds is 5. The number of nitrogens with zero attached hydrogens (tertiary/aromatic N) is 3. The van der Waals surface area contributed by atoms with E-state index in [1.165, 1.54) is 48.8 Å². The molecule has 1 aliphatic heterocycles. The Balaban J connectivity index is 1.19. The summed E-state index contributed by atoms with van der Waals surface area (Å²) in [5.41, 5.74) is 10.2. The summed E-state index contributed by atoms with van der Waals surface area (Å²) in [6, 6.07) is 62.9. The van der Waals surface area contributed by atoms with E-state index in [4.69, 9.17) is 15.0 Å². The SMILES string of the molecule is C[Si]1(C)c2cc(-c3nc(-c4ccccc4-c4ccccc4)nc(-c4ccc(-c5ccccc5)c5ccccc45)n3)ccc2-c2cc3ccccc3cc21. The van der Waals surface area contributed by atoms with Crippen molar-refractivity contribution in [2.75, 3.05) is 0 Å². The van der Waals surface area contributed by atoms with Crippen molar-refractivity contribution in [2.45, 2.75) is 13.1 Å². The second kappa shape index (κ2) is 12.3. The van der Waals surface area contributed by atoms with Gasteiger partial charge in [0.1, 0.15) is 8.07 Å². The number of hydrogen-bond donors (Lipinski definition) is 0. The monoisotopic (exact) mass is 693 g/mol. The van der Waals surface area contributed by atoms with Crippen molar-refractivity contribution in [3.63, 3.8) is 0 Å². The standard InChI is InChI=1S/C49H35N3Si/c1-53(2)45-31-36(25-26-41(45)44-29-34-19-9-10-20-35(34)30-46(44)53)47-50-48(42-24-14-11-21-37(42)32-15-5-3-6-16-32)52-49(51-47)43-28-27-38(33-17-7-4-8-18-33)39-22-12-13-23-40(39)43/h3-31H,1-2H3. The fourth-order valence-corrected chi connectivity index (χ4v) is 11.3. The van der Waals surface area contributed by atoms with Gasteiger partial charge in [0.15, 0.2) is 17.5 Å². The van der Waals surface area contributed by atoms with E-state index in [1.807, 2.05) is 0 Å². The first-order valence-electron chi connectivity index (χ1n) is 18.2. The molecule has 0 fully saturated rings. The highest BCUT2D eigenvalue weighted by atomic mass is 28.3. The van der Waals surface area contributed by atoms with Gasteiger partial charge in [0, 0.05) is 16.7 Å². The number of benzene rings is 8. The molecule has 0 amide bonds. The van der Waals surface area contributed by atoms with Crippen LogP contribution in [-0.4, -0.2) is 23.0 Å². The van der Waals surface area contributed by atoms with Gasteiger partial charge in [-0.2, -0.15) is 0 Å². The Morgan fingerprint density at radius 2 is 0.811 bits per heavy atom. The van der Waals surface area contributed by atoms with Crippen LogP contribution in [0, 0.1) is 0 Å². The van der Waals surface area contributed by atoms with E-state index in [2.05, 4.69) is 189 Å². The fourth-order valence-electron chi connectivity index (χ4n) is 8.22. The maximum Gasteiger partial charge on any atom is 0.164 e. The van der Waals surface area contributed by atoms with Gasteiger partial charge in [0.2, 0.25) is 0 Å². The smallest absolute Gasteiger partial charge is 0.164 e. The average Bonchev–Trinajstić information content (AvgIpc) is 3.44. The molecule has 250 valence electrons. The summed E-state index contributed by atoms with van der Waals surface area (Å²) in [4.78, 5) is 15.9. The molecule has 53 heavy (non-hydrogen) atoms. The molecule has 10 rings (SSSR count). The molecule has 1 aliphatic rings. The van der Waals surface area contributed by atoms with Gasteiger partial charge < -0.3 is 0 Å². The van der Waals surface area contributed by atoms with Crippen LogP contribution in [0.3, 0.4) is 0 Å². The van der Waals surface area contributed by atoms with Crippen LogP contribution in [0.2, 0.25) is 13.1 Å². The van der Waals surface area contributed by atoms with Gasteiger partial charge in [0.25, 0.3) is 0 Å². The summed E-state index contributed by atoms with van der Waals surface area (Å²) in [5, 5.41) is 7.77. The van der Waals surface area contributed by atoms with E-state index in [1.54, 1.807) is 0 Å². The van der Waals surface area contributed by atoms with Crippen LogP contribution >= 0.6 is 0 Å². The Hall–Kier alpha value is -6.49. The van der Waals surface area contributed by atoms with Gasteiger partial charge in [-0.1, -0.05) is 177 Å².